The second kappa shape index (κ2) is 9.60. The Kier molecular flexibility index (Phi) is 6.38. The van der Waals surface area contributed by atoms with Crippen molar-refractivity contribution in [3.63, 3.8) is 0 Å². The second-order valence-corrected chi connectivity index (χ2v) is 9.64. The smallest absolute Gasteiger partial charge is 0.247 e. The first-order valence-electron chi connectivity index (χ1n) is 10.9. The molecule has 34 heavy (non-hydrogen) atoms. The number of hydrogen-bond acceptors (Lipinski definition) is 7. The molecule has 0 spiro atoms. The largest absolute Gasteiger partial charge is 0.455 e. The van der Waals surface area contributed by atoms with E-state index < -0.39 is 6.23 Å². The molecule has 1 amide bonds. The van der Waals surface area contributed by atoms with Crippen molar-refractivity contribution >= 4 is 39.3 Å². The van der Waals surface area contributed by atoms with E-state index in [0.29, 0.717) is 40.4 Å². The molecule has 1 aliphatic rings. The van der Waals surface area contributed by atoms with Crippen LogP contribution >= 0.6 is 27.7 Å². The lowest BCUT2D eigenvalue weighted by molar-refractivity contribution is -0.120. The summed E-state index contributed by atoms with van der Waals surface area (Å²) < 4.78 is 13.6. The predicted molar refractivity (Wildman–Crippen MR) is 135 cm³/mol. The van der Waals surface area contributed by atoms with E-state index in [-0.39, 0.29) is 5.91 Å². The number of benzene rings is 2. The van der Waals surface area contributed by atoms with Gasteiger partial charge >= 0.3 is 0 Å². The minimum Gasteiger partial charge on any atom is -0.455 e. The van der Waals surface area contributed by atoms with Crippen LogP contribution in [0.1, 0.15) is 32.3 Å². The van der Waals surface area contributed by atoms with Gasteiger partial charge in [0.15, 0.2) is 11.5 Å². The van der Waals surface area contributed by atoms with E-state index in [4.69, 9.17) is 9.15 Å². The summed E-state index contributed by atoms with van der Waals surface area (Å²) >= 11 is 4.93. The summed E-state index contributed by atoms with van der Waals surface area (Å²) in [5.41, 5.74) is 2.82. The predicted octanol–water partition coefficient (Wildman–Crippen LogP) is 6.51. The normalized spacial score (nSPS) is 14.7. The Bertz CT molecular complexity index is 1340. The topological polar surface area (TPSA) is 81.3 Å². The van der Waals surface area contributed by atoms with E-state index in [9.17, 15) is 4.79 Å². The molecule has 0 unspecified atom stereocenters. The van der Waals surface area contributed by atoms with Gasteiger partial charge in [-0.1, -0.05) is 71.9 Å². The Morgan fingerprint density at radius 1 is 1.06 bits per heavy atom. The summed E-state index contributed by atoms with van der Waals surface area (Å²) in [5, 5.41) is 9.19. The molecule has 0 radical (unpaired) electrons. The van der Waals surface area contributed by atoms with Gasteiger partial charge in [-0.15, -0.1) is 10.2 Å². The summed E-state index contributed by atoms with van der Waals surface area (Å²) in [6.07, 6.45) is -0.559. The first kappa shape index (κ1) is 22.6. The summed E-state index contributed by atoms with van der Waals surface area (Å²) in [6, 6.07) is 19.1. The molecule has 0 saturated carbocycles. The maximum atomic E-state index is 13.2. The quantitative estimate of drug-likeness (QED) is 0.269. The number of thioether (sulfide) groups is 1. The molecule has 9 heteroatoms. The number of nitrogens with zero attached hydrogens (tertiary/aromatic N) is 4. The van der Waals surface area contributed by atoms with E-state index in [1.165, 1.54) is 11.8 Å². The first-order chi connectivity index (χ1) is 16.6. The highest BCUT2D eigenvalue weighted by molar-refractivity contribution is 9.10. The highest BCUT2D eigenvalue weighted by Crippen LogP contribution is 2.44. The molecule has 1 atom stereocenters. The van der Waals surface area contributed by atoms with Gasteiger partial charge in [0.25, 0.3) is 0 Å². The third kappa shape index (κ3) is 4.21. The maximum Gasteiger partial charge on any atom is 0.247 e. The number of hydrogen-bond donors (Lipinski definition) is 0. The van der Waals surface area contributed by atoms with Crippen molar-refractivity contribution in [1.82, 2.24) is 15.2 Å². The third-order valence-corrected chi connectivity index (χ3v) is 6.60. The van der Waals surface area contributed by atoms with E-state index in [1.54, 1.807) is 4.90 Å². The fraction of sp³-hybridized carbons (Fsp3) is 0.200. The third-order valence-electron chi connectivity index (χ3n) is 5.36. The summed E-state index contributed by atoms with van der Waals surface area (Å²) in [7, 11) is 0. The van der Waals surface area contributed by atoms with Crippen molar-refractivity contribution in [3.05, 3.63) is 70.9 Å². The molecule has 0 saturated heterocycles. The van der Waals surface area contributed by atoms with Crippen LogP contribution in [0.2, 0.25) is 0 Å². The Balaban J connectivity index is 1.65. The zero-order valence-corrected chi connectivity index (χ0v) is 21.0. The summed E-state index contributed by atoms with van der Waals surface area (Å²) in [5.74, 6) is 2.18. The monoisotopic (exact) mass is 536 g/mol. The Morgan fingerprint density at radius 2 is 1.85 bits per heavy atom. The van der Waals surface area contributed by atoms with Crippen molar-refractivity contribution in [1.29, 1.82) is 0 Å². The zero-order chi connectivity index (χ0) is 23.7. The Labute approximate surface area is 209 Å². The van der Waals surface area contributed by atoms with Crippen LogP contribution in [0.5, 0.6) is 5.88 Å². The molecule has 172 valence electrons. The van der Waals surface area contributed by atoms with Gasteiger partial charge in [-0.3, -0.25) is 9.69 Å². The number of fused-ring (bicyclic) bond motifs is 3. The zero-order valence-electron chi connectivity index (χ0n) is 18.6. The van der Waals surface area contributed by atoms with Crippen LogP contribution in [0, 0.1) is 0 Å². The van der Waals surface area contributed by atoms with Gasteiger partial charge in [-0.2, -0.15) is 4.98 Å². The molecule has 1 aliphatic heterocycles. The van der Waals surface area contributed by atoms with Crippen LogP contribution < -0.4 is 9.64 Å². The van der Waals surface area contributed by atoms with Crippen LogP contribution in [0.15, 0.2) is 74.7 Å². The molecular formula is C25H21BrN4O3S. The van der Waals surface area contributed by atoms with Gasteiger partial charge in [-0.05, 0) is 36.1 Å². The van der Waals surface area contributed by atoms with E-state index in [2.05, 4.69) is 31.1 Å². The van der Waals surface area contributed by atoms with Crippen LogP contribution in [0.3, 0.4) is 0 Å². The number of halogens is 1. The van der Waals surface area contributed by atoms with Crippen molar-refractivity contribution in [3.8, 4) is 28.5 Å². The van der Waals surface area contributed by atoms with Gasteiger partial charge in [-0.25, -0.2) is 0 Å². The second-order valence-electron chi connectivity index (χ2n) is 7.49. The molecule has 0 N–H and O–H groups in total. The molecule has 0 fully saturated rings. The number of para-hydroxylation sites is 1. The minimum absolute atomic E-state index is 0.108. The molecule has 2 aromatic carbocycles. The van der Waals surface area contributed by atoms with Gasteiger partial charge in [0, 0.05) is 22.0 Å². The van der Waals surface area contributed by atoms with Gasteiger partial charge in [0.2, 0.25) is 23.2 Å². The Morgan fingerprint density at radius 3 is 2.62 bits per heavy atom. The van der Waals surface area contributed by atoms with Crippen molar-refractivity contribution in [2.45, 2.75) is 31.7 Å². The van der Waals surface area contributed by atoms with Crippen molar-refractivity contribution in [2.75, 3.05) is 10.7 Å². The van der Waals surface area contributed by atoms with E-state index >= 15 is 0 Å². The molecule has 0 bridgehead atoms. The van der Waals surface area contributed by atoms with Crippen LogP contribution in [0.4, 0.5) is 5.69 Å². The number of carbonyl (C=O) groups excluding carboxylic acids is 1. The first-order valence-corrected chi connectivity index (χ1v) is 12.7. The number of aromatic nitrogens is 3. The van der Waals surface area contributed by atoms with E-state index in [1.807, 2.05) is 74.5 Å². The number of carbonyl (C=O) groups is 1. The number of anilines is 1. The minimum atomic E-state index is -0.852. The highest BCUT2D eigenvalue weighted by atomic mass is 79.9. The lowest BCUT2D eigenvalue weighted by Crippen LogP contribution is -2.37. The van der Waals surface area contributed by atoms with Gasteiger partial charge in [0.1, 0.15) is 5.76 Å². The molecule has 4 aromatic rings. The van der Waals surface area contributed by atoms with Gasteiger partial charge < -0.3 is 9.15 Å². The van der Waals surface area contributed by atoms with Crippen LogP contribution in [0.25, 0.3) is 22.6 Å². The molecule has 5 rings (SSSR count). The fourth-order valence-corrected chi connectivity index (χ4v) is 4.55. The molecule has 7 nitrogen and oxygen atoms in total. The van der Waals surface area contributed by atoms with E-state index in [0.717, 1.165) is 21.4 Å². The molecule has 2 aromatic heterocycles. The summed E-state index contributed by atoms with van der Waals surface area (Å²) in [4.78, 5) is 19.5. The van der Waals surface area contributed by atoms with Crippen LogP contribution in [-0.4, -0.2) is 26.8 Å². The lowest BCUT2D eigenvalue weighted by Gasteiger charge is -2.29. The number of ether oxygens (including phenoxy) is 1. The average molecular weight is 537 g/mol. The highest BCUT2D eigenvalue weighted by Gasteiger charge is 2.37. The summed E-state index contributed by atoms with van der Waals surface area (Å²) in [6.45, 7) is 3.84. The average Bonchev–Trinajstić information content (AvgIpc) is 3.29. The standard InChI is InChI=1S/C25H21BrN4O3S/c1-3-21(31)30-18-8-6-5-7-17(18)22-23(27-25(29-28-22)34-4-2)33-24(30)20-14-13-19(32-20)15-9-11-16(26)12-10-15/h5-14,24H,3-4H2,1-2H3/t24-/m0/s1. The van der Waals surface area contributed by atoms with Gasteiger partial charge in [0.05, 0.1) is 5.69 Å². The fourth-order valence-electron chi connectivity index (χ4n) is 3.78. The number of amides is 1. The molecule has 0 aliphatic carbocycles. The number of furan rings is 1. The Hall–Kier alpha value is -3.17. The van der Waals surface area contributed by atoms with Crippen molar-refractivity contribution in [2.24, 2.45) is 0 Å². The van der Waals surface area contributed by atoms with Crippen molar-refractivity contribution < 1.29 is 13.9 Å². The maximum absolute atomic E-state index is 13.2. The molecular weight excluding hydrogens is 516 g/mol. The number of rotatable bonds is 5. The van der Waals surface area contributed by atoms with Crippen LogP contribution in [-0.2, 0) is 4.79 Å². The SMILES string of the molecule is CCSc1nnc2c(n1)O[C@@H](c1ccc(-c3ccc(Br)cc3)o1)N(C(=O)CC)c1ccccc1-2. The lowest BCUT2D eigenvalue weighted by atomic mass is 10.1. The molecule has 3 heterocycles.